The Hall–Kier alpha value is -1.83. The molecule has 1 fully saturated rings. The van der Waals surface area contributed by atoms with E-state index in [1.54, 1.807) is 4.90 Å². The van der Waals surface area contributed by atoms with E-state index in [0.717, 1.165) is 21.5 Å². The van der Waals surface area contributed by atoms with E-state index in [4.69, 9.17) is 21.7 Å². The van der Waals surface area contributed by atoms with Gasteiger partial charge in [-0.3, -0.25) is 9.69 Å². The Morgan fingerprint density at radius 3 is 2.48 bits per heavy atom. The second-order valence-electron chi connectivity index (χ2n) is 5.65. The quantitative estimate of drug-likeness (QED) is 0.323. The minimum absolute atomic E-state index is 0.0401. The van der Waals surface area contributed by atoms with Gasteiger partial charge in [0.05, 0.1) is 4.91 Å². The molecule has 4 nitrogen and oxygen atoms in total. The maximum Gasteiger partial charge on any atom is 0.266 e. The Balaban J connectivity index is 1.56. The van der Waals surface area contributed by atoms with Crippen molar-refractivity contribution < 1.29 is 14.3 Å². The van der Waals surface area contributed by atoms with Gasteiger partial charge in [-0.25, -0.2) is 0 Å². The van der Waals surface area contributed by atoms with Crippen LogP contribution in [0.1, 0.15) is 12.5 Å². The van der Waals surface area contributed by atoms with Gasteiger partial charge in [0.25, 0.3) is 5.91 Å². The number of likely N-dealkylation sites (N-methyl/N-ethyl adjacent to an activating group) is 1. The second-order valence-corrected chi connectivity index (χ2v) is 8.24. The van der Waals surface area contributed by atoms with Crippen LogP contribution in [0.15, 0.2) is 57.9 Å². The smallest absolute Gasteiger partial charge is 0.266 e. The van der Waals surface area contributed by atoms with Gasteiger partial charge in [-0.2, -0.15) is 0 Å². The molecule has 140 valence electrons. The molecule has 1 aliphatic heterocycles. The lowest BCUT2D eigenvalue weighted by Crippen LogP contribution is -2.27. The molecule has 2 aromatic carbocycles. The summed E-state index contributed by atoms with van der Waals surface area (Å²) in [4.78, 5) is 14.5. The highest BCUT2D eigenvalue weighted by atomic mass is 79.9. The van der Waals surface area contributed by atoms with Gasteiger partial charge in [0.2, 0.25) is 0 Å². The molecule has 1 amide bonds. The Kier molecular flexibility index (Phi) is 6.93. The SMILES string of the molecule is CCN1C(=O)/C(=C/c2cccc(OCCOc3ccc(Br)cc3)c2)SC1=S. The molecular formula is C20H18BrNO3S2. The molecular weight excluding hydrogens is 446 g/mol. The van der Waals surface area contributed by atoms with Crippen LogP contribution in [0.3, 0.4) is 0 Å². The maximum atomic E-state index is 12.3. The first-order chi connectivity index (χ1) is 13.1. The number of benzene rings is 2. The van der Waals surface area contributed by atoms with Crippen molar-refractivity contribution in [1.82, 2.24) is 4.90 Å². The van der Waals surface area contributed by atoms with Crippen molar-refractivity contribution in [3.63, 3.8) is 0 Å². The normalized spacial score (nSPS) is 15.5. The number of carbonyl (C=O) groups excluding carboxylic acids is 1. The monoisotopic (exact) mass is 463 g/mol. The summed E-state index contributed by atoms with van der Waals surface area (Å²) in [6.07, 6.45) is 1.85. The molecule has 0 aromatic heterocycles. The zero-order valence-corrected chi connectivity index (χ0v) is 17.9. The molecule has 0 bridgehead atoms. The molecule has 0 N–H and O–H groups in total. The predicted octanol–water partition coefficient (Wildman–Crippen LogP) is 5.13. The Morgan fingerprint density at radius 2 is 1.81 bits per heavy atom. The predicted molar refractivity (Wildman–Crippen MR) is 117 cm³/mol. The summed E-state index contributed by atoms with van der Waals surface area (Å²) in [7, 11) is 0. The first-order valence-electron chi connectivity index (χ1n) is 8.43. The van der Waals surface area contributed by atoms with E-state index in [-0.39, 0.29) is 5.91 Å². The molecule has 1 aliphatic rings. The van der Waals surface area contributed by atoms with Gasteiger partial charge in [-0.05, 0) is 55.0 Å². The molecule has 1 saturated heterocycles. The van der Waals surface area contributed by atoms with E-state index in [1.807, 2.05) is 61.5 Å². The lowest BCUT2D eigenvalue weighted by atomic mass is 10.2. The highest BCUT2D eigenvalue weighted by Crippen LogP contribution is 2.32. The number of halogens is 1. The van der Waals surface area contributed by atoms with Crippen LogP contribution in [-0.4, -0.2) is 34.9 Å². The Bertz CT molecular complexity index is 868. The molecule has 2 aromatic rings. The van der Waals surface area contributed by atoms with Crippen molar-refractivity contribution in [2.24, 2.45) is 0 Å². The third-order valence-corrected chi connectivity index (χ3v) is 5.69. The zero-order chi connectivity index (χ0) is 19.2. The van der Waals surface area contributed by atoms with E-state index < -0.39 is 0 Å². The largest absolute Gasteiger partial charge is 0.490 e. The minimum atomic E-state index is -0.0401. The Morgan fingerprint density at radius 1 is 1.11 bits per heavy atom. The molecule has 0 saturated carbocycles. The van der Waals surface area contributed by atoms with Crippen molar-refractivity contribution in [3.05, 3.63) is 63.5 Å². The second kappa shape index (κ2) is 9.39. The summed E-state index contributed by atoms with van der Waals surface area (Å²) in [6, 6.07) is 15.3. The molecule has 0 spiro atoms. The van der Waals surface area contributed by atoms with Gasteiger partial charge < -0.3 is 9.47 Å². The van der Waals surface area contributed by atoms with Crippen molar-refractivity contribution in [2.45, 2.75) is 6.92 Å². The van der Waals surface area contributed by atoms with Gasteiger partial charge in [0, 0.05) is 11.0 Å². The van der Waals surface area contributed by atoms with Crippen molar-refractivity contribution in [2.75, 3.05) is 19.8 Å². The molecule has 7 heteroatoms. The summed E-state index contributed by atoms with van der Waals surface area (Å²) in [5.41, 5.74) is 0.901. The Labute approximate surface area is 176 Å². The number of amides is 1. The van der Waals surface area contributed by atoms with Crippen LogP contribution in [0, 0.1) is 0 Å². The number of hydrogen-bond acceptors (Lipinski definition) is 5. The molecule has 27 heavy (non-hydrogen) atoms. The number of carbonyl (C=O) groups is 1. The third-order valence-electron chi connectivity index (χ3n) is 3.78. The van der Waals surface area contributed by atoms with E-state index in [9.17, 15) is 4.79 Å². The van der Waals surface area contributed by atoms with Gasteiger partial charge in [0.15, 0.2) is 0 Å². The van der Waals surface area contributed by atoms with Crippen LogP contribution >= 0.6 is 39.9 Å². The van der Waals surface area contributed by atoms with Crippen LogP contribution in [-0.2, 0) is 4.79 Å². The molecule has 1 heterocycles. The van der Waals surface area contributed by atoms with E-state index in [0.29, 0.717) is 29.0 Å². The standard InChI is InChI=1S/C20H18BrNO3S2/c1-2-22-19(23)18(27-20(22)26)13-14-4-3-5-17(12-14)25-11-10-24-16-8-6-15(21)7-9-16/h3-9,12-13H,2,10-11H2,1H3/b18-13-. The lowest BCUT2D eigenvalue weighted by molar-refractivity contribution is -0.121. The fourth-order valence-corrected chi connectivity index (χ4v) is 4.12. The third kappa shape index (κ3) is 5.34. The van der Waals surface area contributed by atoms with Crippen LogP contribution in [0.2, 0.25) is 0 Å². The van der Waals surface area contributed by atoms with Gasteiger partial charge in [0.1, 0.15) is 29.0 Å². The van der Waals surface area contributed by atoms with E-state index in [1.165, 1.54) is 11.8 Å². The van der Waals surface area contributed by atoms with Crippen LogP contribution in [0.25, 0.3) is 6.08 Å². The summed E-state index contributed by atoms with van der Waals surface area (Å²) in [5, 5.41) is 0. The summed E-state index contributed by atoms with van der Waals surface area (Å²) in [6.45, 7) is 3.38. The highest BCUT2D eigenvalue weighted by molar-refractivity contribution is 9.10. The lowest BCUT2D eigenvalue weighted by Gasteiger charge is -2.10. The van der Waals surface area contributed by atoms with Crippen LogP contribution in [0.5, 0.6) is 11.5 Å². The van der Waals surface area contributed by atoms with Gasteiger partial charge in [-0.1, -0.05) is 52.0 Å². The van der Waals surface area contributed by atoms with Gasteiger partial charge >= 0.3 is 0 Å². The molecule has 0 radical (unpaired) electrons. The summed E-state index contributed by atoms with van der Waals surface area (Å²) in [5.74, 6) is 1.49. The van der Waals surface area contributed by atoms with Crippen molar-refractivity contribution >= 4 is 56.2 Å². The zero-order valence-electron chi connectivity index (χ0n) is 14.7. The highest BCUT2D eigenvalue weighted by Gasteiger charge is 2.30. The molecule has 0 atom stereocenters. The maximum absolute atomic E-state index is 12.3. The number of rotatable bonds is 7. The molecule has 0 unspecified atom stereocenters. The van der Waals surface area contributed by atoms with Crippen LogP contribution < -0.4 is 9.47 Å². The molecule has 0 aliphatic carbocycles. The van der Waals surface area contributed by atoms with E-state index in [2.05, 4.69) is 15.9 Å². The summed E-state index contributed by atoms with van der Waals surface area (Å²) >= 11 is 9.96. The fraction of sp³-hybridized carbons (Fsp3) is 0.200. The van der Waals surface area contributed by atoms with E-state index >= 15 is 0 Å². The fourth-order valence-electron chi connectivity index (χ4n) is 2.47. The van der Waals surface area contributed by atoms with Crippen molar-refractivity contribution in [1.29, 1.82) is 0 Å². The minimum Gasteiger partial charge on any atom is -0.490 e. The number of thiocarbonyl (C=S) groups is 1. The molecule has 3 rings (SSSR count). The average molecular weight is 464 g/mol. The first-order valence-corrected chi connectivity index (χ1v) is 10.4. The topological polar surface area (TPSA) is 38.8 Å². The number of ether oxygens (including phenoxy) is 2. The average Bonchev–Trinajstić information content (AvgIpc) is 2.93. The number of thioether (sulfide) groups is 1. The van der Waals surface area contributed by atoms with Crippen LogP contribution in [0.4, 0.5) is 0 Å². The number of nitrogens with zero attached hydrogens (tertiary/aromatic N) is 1. The first kappa shape index (κ1) is 19.9. The number of hydrogen-bond donors (Lipinski definition) is 0. The van der Waals surface area contributed by atoms with Crippen molar-refractivity contribution in [3.8, 4) is 11.5 Å². The summed E-state index contributed by atoms with van der Waals surface area (Å²) < 4.78 is 13.0. The van der Waals surface area contributed by atoms with Gasteiger partial charge in [-0.15, -0.1) is 0 Å².